The number of hydrogen-bond acceptors (Lipinski definition) is 4. The van der Waals surface area contributed by atoms with Gasteiger partial charge in [0.2, 0.25) is 15.9 Å². The largest absolute Gasteiger partial charge is 0.337 e. The maximum atomic E-state index is 12.4. The van der Waals surface area contributed by atoms with Crippen LogP contribution in [0.15, 0.2) is 46.9 Å². The Kier molecular flexibility index (Phi) is 6.52. The summed E-state index contributed by atoms with van der Waals surface area (Å²) < 4.78 is 26.3. The number of nitrogens with zero attached hydrogens (tertiary/aromatic N) is 2. The van der Waals surface area contributed by atoms with E-state index in [2.05, 4.69) is 28.1 Å². The zero-order valence-corrected chi connectivity index (χ0v) is 18.2. The average Bonchev–Trinajstić information content (AvgIpc) is 3.16. The predicted molar refractivity (Wildman–Crippen MR) is 114 cm³/mol. The van der Waals surface area contributed by atoms with Crippen molar-refractivity contribution >= 4 is 49.3 Å². The van der Waals surface area contributed by atoms with Crippen molar-refractivity contribution in [1.82, 2.24) is 9.21 Å². The van der Waals surface area contributed by atoms with Gasteiger partial charge in [-0.15, -0.1) is 11.3 Å². The molecule has 0 spiro atoms. The lowest BCUT2D eigenvalue weighted by Crippen LogP contribution is -2.50. The van der Waals surface area contributed by atoms with Gasteiger partial charge in [0.1, 0.15) is 0 Å². The summed E-state index contributed by atoms with van der Waals surface area (Å²) in [4.78, 5) is 16.2. The first kappa shape index (κ1) is 20.3. The molecule has 0 bridgehead atoms. The summed E-state index contributed by atoms with van der Waals surface area (Å²) in [5.74, 6) is 0.0158. The fraction of sp³-hybridized carbons (Fsp3) is 0.316. The van der Waals surface area contributed by atoms with Crippen molar-refractivity contribution in [2.75, 3.05) is 31.9 Å². The highest BCUT2D eigenvalue weighted by Gasteiger charge is 2.26. The van der Waals surface area contributed by atoms with Crippen LogP contribution in [0.2, 0.25) is 0 Å². The van der Waals surface area contributed by atoms with Crippen LogP contribution in [0.1, 0.15) is 11.8 Å². The molecule has 1 saturated heterocycles. The van der Waals surface area contributed by atoms with Gasteiger partial charge in [-0.1, -0.05) is 28.1 Å². The van der Waals surface area contributed by atoms with Gasteiger partial charge in [-0.3, -0.25) is 4.79 Å². The SMILES string of the molecule is CCS(=O)(=O)N1CCN(C(=O)/C=C/c2ccc(-c3ccc(Br)cc3)s2)CC1. The number of sulfonamides is 1. The number of amides is 1. The molecule has 2 heterocycles. The molecular weight excluding hydrogens is 448 g/mol. The molecule has 2 aromatic rings. The van der Waals surface area contributed by atoms with Crippen LogP contribution in [0.4, 0.5) is 0 Å². The molecule has 0 radical (unpaired) electrons. The van der Waals surface area contributed by atoms with Crippen LogP contribution >= 0.6 is 27.3 Å². The highest BCUT2D eigenvalue weighted by atomic mass is 79.9. The first-order chi connectivity index (χ1) is 12.9. The second-order valence-corrected chi connectivity index (χ2v) is 10.5. The summed E-state index contributed by atoms with van der Waals surface area (Å²) in [6.45, 7) is 3.22. The quantitative estimate of drug-likeness (QED) is 0.628. The molecule has 0 unspecified atom stereocenters. The number of carbonyl (C=O) groups excluding carboxylic acids is 1. The molecule has 1 aliphatic rings. The number of carbonyl (C=O) groups is 1. The standard InChI is InChI=1S/C19H21BrN2O3S2/c1-2-27(24,25)22-13-11-21(12-14-22)19(23)10-8-17-7-9-18(26-17)15-3-5-16(20)6-4-15/h3-10H,2,11-14H2,1H3/b10-8+. The second kappa shape index (κ2) is 8.68. The fourth-order valence-electron chi connectivity index (χ4n) is 2.84. The first-order valence-corrected chi connectivity index (χ1v) is 11.9. The van der Waals surface area contributed by atoms with Gasteiger partial charge in [-0.2, -0.15) is 4.31 Å². The van der Waals surface area contributed by atoms with Crippen molar-refractivity contribution in [1.29, 1.82) is 0 Å². The Morgan fingerprint density at radius 2 is 1.78 bits per heavy atom. The van der Waals surface area contributed by atoms with Gasteiger partial charge in [0.05, 0.1) is 5.75 Å². The molecule has 0 aliphatic carbocycles. The van der Waals surface area contributed by atoms with Crippen molar-refractivity contribution in [3.05, 3.63) is 51.8 Å². The van der Waals surface area contributed by atoms with Gasteiger partial charge < -0.3 is 4.90 Å². The molecule has 1 aliphatic heterocycles. The zero-order chi connectivity index (χ0) is 19.4. The average molecular weight is 469 g/mol. The monoisotopic (exact) mass is 468 g/mol. The zero-order valence-electron chi connectivity index (χ0n) is 15.0. The number of piperazine rings is 1. The van der Waals surface area contributed by atoms with E-state index in [1.807, 2.05) is 30.3 Å². The summed E-state index contributed by atoms with van der Waals surface area (Å²) >= 11 is 5.06. The Morgan fingerprint density at radius 1 is 1.11 bits per heavy atom. The normalized spacial score (nSPS) is 16.1. The van der Waals surface area contributed by atoms with Crippen molar-refractivity contribution in [2.45, 2.75) is 6.92 Å². The number of rotatable bonds is 5. The lowest BCUT2D eigenvalue weighted by Gasteiger charge is -2.33. The molecule has 144 valence electrons. The third-order valence-corrected chi connectivity index (χ3v) is 7.96. The first-order valence-electron chi connectivity index (χ1n) is 8.69. The minimum atomic E-state index is -3.18. The Hall–Kier alpha value is -1.48. The Morgan fingerprint density at radius 3 is 2.41 bits per heavy atom. The van der Waals surface area contributed by atoms with E-state index < -0.39 is 10.0 Å². The Labute approximate surface area is 172 Å². The van der Waals surface area contributed by atoms with Crippen LogP contribution in [0, 0.1) is 0 Å². The van der Waals surface area contributed by atoms with Crippen molar-refractivity contribution in [2.24, 2.45) is 0 Å². The maximum Gasteiger partial charge on any atom is 0.246 e. The minimum Gasteiger partial charge on any atom is -0.337 e. The second-order valence-electron chi connectivity index (χ2n) is 6.17. The van der Waals surface area contributed by atoms with E-state index in [4.69, 9.17) is 0 Å². The van der Waals surface area contributed by atoms with E-state index in [1.54, 1.807) is 29.2 Å². The molecule has 8 heteroatoms. The van der Waals surface area contributed by atoms with E-state index in [-0.39, 0.29) is 11.7 Å². The summed E-state index contributed by atoms with van der Waals surface area (Å²) in [7, 11) is -3.18. The lowest BCUT2D eigenvalue weighted by molar-refractivity contribution is -0.127. The summed E-state index contributed by atoms with van der Waals surface area (Å²) in [5.41, 5.74) is 1.14. The predicted octanol–water partition coefficient (Wildman–Crippen LogP) is 3.68. The molecule has 5 nitrogen and oxygen atoms in total. The fourth-order valence-corrected chi connectivity index (χ4v) is 5.11. The van der Waals surface area contributed by atoms with E-state index in [1.165, 1.54) is 4.31 Å². The molecule has 1 amide bonds. The lowest BCUT2D eigenvalue weighted by atomic mass is 10.2. The maximum absolute atomic E-state index is 12.4. The molecular formula is C19H21BrN2O3S2. The molecule has 1 fully saturated rings. The Bertz CT molecular complexity index is 928. The van der Waals surface area contributed by atoms with Gasteiger partial charge in [0.15, 0.2) is 0 Å². The van der Waals surface area contributed by atoms with E-state index in [0.29, 0.717) is 26.2 Å². The summed E-state index contributed by atoms with van der Waals surface area (Å²) in [5, 5.41) is 0. The van der Waals surface area contributed by atoms with Crippen LogP contribution in [0.3, 0.4) is 0 Å². The summed E-state index contributed by atoms with van der Waals surface area (Å²) in [6.07, 6.45) is 3.39. The third kappa shape index (κ3) is 5.07. The van der Waals surface area contributed by atoms with E-state index in [9.17, 15) is 13.2 Å². The van der Waals surface area contributed by atoms with Gasteiger partial charge in [0, 0.05) is 46.5 Å². The molecule has 0 atom stereocenters. The molecule has 3 rings (SSSR count). The molecule has 0 saturated carbocycles. The smallest absolute Gasteiger partial charge is 0.246 e. The number of thiophene rings is 1. The van der Waals surface area contributed by atoms with Crippen LogP contribution in [-0.2, 0) is 14.8 Å². The number of benzene rings is 1. The number of halogens is 1. The van der Waals surface area contributed by atoms with E-state index >= 15 is 0 Å². The van der Waals surface area contributed by atoms with Crippen molar-refractivity contribution in [3.63, 3.8) is 0 Å². The van der Waals surface area contributed by atoms with Crippen LogP contribution in [-0.4, -0.2) is 55.5 Å². The van der Waals surface area contributed by atoms with Gasteiger partial charge in [-0.05, 0) is 42.8 Å². The van der Waals surface area contributed by atoms with E-state index in [0.717, 1.165) is 19.8 Å². The van der Waals surface area contributed by atoms with Crippen molar-refractivity contribution in [3.8, 4) is 10.4 Å². The van der Waals surface area contributed by atoms with Crippen LogP contribution in [0.25, 0.3) is 16.5 Å². The van der Waals surface area contributed by atoms with Crippen LogP contribution in [0.5, 0.6) is 0 Å². The minimum absolute atomic E-state index is 0.0814. The number of hydrogen-bond donors (Lipinski definition) is 0. The molecule has 1 aromatic heterocycles. The van der Waals surface area contributed by atoms with Gasteiger partial charge in [0.25, 0.3) is 0 Å². The molecule has 1 aromatic carbocycles. The molecule has 27 heavy (non-hydrogen) atoms. The van der Waals surface area contributed by atoms with Crippen molar-refractivity contribution < 1.29 is 13.2 Å². The van der Waals surface area contributed by atoms with Gasteiger partial charge in [-0.25, -0.2) is 8.42 Å². The highest BCUT2D eigenvalue weighted by Crippen LogP contribution is 2.29. The third-order valence-electron chi connectivity index (χ3n) is 4.45. The molecule has 0 N–H and O–H groups in total. The van der Waals surface area contributed by atoms with Crippen LogP contribution < -0.4 is 0 Å². The Balaban J connectivity index is 1.59. The summed E-state index contributed by atoms with van der Waals surface area (Å²) in [6, 6.07) is 12.2. The topological polar surface area (TPSA) is 57.7 Å². The highest BCUT2D eigenvalue weighted by molar-refractivity contribution is 9.10. The van der Waals surface area contributed by atoms with Gasteiger partial charge >= 0.3 is 0 Å².